The summed E-state index contributed by atoms with van der Waals surface area (Å²) in [6, 6.07) is 0. The summed E-state index contributed by atoms with van der Waals surface area (Å²) >= 11 is 0. The van der Waals surface area contributed by atoms with Crippen LogP contribution in [-0.2, 0) is 13.0 Å². The minimum atomic E-state index is 0.462. The number of hydrogen-bond acceptors (Lipinski definition) is 4. The third-order valence-electron chi connectivity index (χ3n) is 3.91. The minimum Gasteiger partial charge on any atom is -0.382 e. The van der Waals surface area contributed by atoms with Gasteiger partial charge in [-0.25, -0.2) is 9.97 Å². The zero-order valence-electron chi connectivity index (χ0n) is 14.4. The number of pyridine rings is 1. The number of nitrogen functional groups attached to an aromatic ring is 1. The molecule has 0 aliphatic rings. The number of likely N-dealkylation sites (N-methyl/N-ethyl adjacent to an activating group) is 1. The van der Waals surface area contributed by atoms with E-state index in [1.807, 2.05) is 32.2 Å². The number of fused-ring (bicyclic) bond motifs is 1. The summed E-state index contributed by atoms with van der Waals surface area (Å²) in [4.78, 5) is 9.17. The van der Waals surface area contributed by atoms with E-state index in [-0.39, 0.29) is 0 Å². The first-order chi connectivity index (χ1) is 11.1. The van der Waals surface area contributed by atoms with Gasteiger partial charge in [0.2, 0.25) is 0 Å². The second-order valence-electron chi connectivity index (χ2n) is 5.63. The molecule has 0 fully saturated rings. The molecule has 23 heavy (non-hydrogen) atoms. The molecule has 0 bridgehead atoms. The molecule has 0 saturated heterocycles. The van der Waals surface area contributed by atoms with E-state index >= 15 is 0 Å². The molecule has 0 unspecified atom stereocenters. The molecular formula is C18H27N5. The third-order valence-corrected chi connectivity index (χ3v) is 3.91. The van der Waals surface area contributed by atoms with Crippen molar-refractivity contribution in [2.45, 2.75) is 39.7 Å². The highest BCUT2D eigenvalue weighted by Crippen LogP contribution is 2.17. The molecule has 0 radical (unpaired) electrons. The van der Waals surface area contributed by atoms with Crippen molar-refractivity contribution in [3.05, 3.63) is 28.5 Å². The van der Waals surface area contributed by atoms with E-state index in [4.69, 9.17) is 10.7 Å². The van der Waals surface area contributed by atoms with Gasteiger partial charge in [-0.3, -0.25) is 0 Å². The molecule has 2 aromatic heterocycles. The summed E-state index contributed by atoms with van der Waals surface area (Å²) in [5.74, 6) is 1.54. The van der Waals surface area contributed by atoms with Crippen molar-refractivity contribution in [3.8, 4) is 0 Å². The number of aryl methyl sites for hydroxylation is 1. The lowest BCUT2D eigenvalue weighted by atomic mass is 10.2. The predicted molar refractivity (Wildman–Crippen MR) is 98.5 cm³/mol. The van der Waals surface area contributed by atoms with Crippen LogP contribution in [0, 0.1) is 0 Å². The maximum absolute atomic E-state index is 6.12. The number of hydrogen-bond donors (Lipinski definition) is 2. The molecule has 2 rings (SSSR count). The van der Waals surface area contributed by atoms with Crippen LogP contribution in [0.25, 0.3) is 23.7 Å². The van der Waals surface area contributed by atoms with Gasteiger partial charge in [0.05, 0.1) is 10.9 Å². The number of allylic oxidation sites excluding steroid dienone is 2. The van der Waals surface area contributed by atoms with Gasteiger partial charge in [0.25, 0.3) is 0 Å². The first-order valence-electron chi connectivity index (χ1n) is 8.25. The summed E-state index contributed by atoms with van der Waals surface area (Å²) in [6.45, 7) is 9.98. The molecule has 5 nitrogen and oxygen atoms in total. The summed E-state index contributed by atoms with van der Waals surface area (Å²) < 4.78 is 2.27. The van der Waals surface area contributed by atoms with Crippen LogP contribution >= 0.6 is 0 Å². The van der Waals surface area contributed by atoms with Crippen LogP contribution in [0.4, 0.5) is 5.82 Å². The molecule has 0 aliphatic heterocycles. The molecule has 2 aromatic rings. The Morgan fingerprint density at radius 2 is 2.13 bits per heavy atom. The molecule has 0 amide bonds. The van der Waals surface area contributed by atoms with Gasteiger partial charge in [-0.15, -0.1) is 0 Å². The highest BCUT2D eigenvalue weighted by atomic mass is 15.1. The third kappa shape index (κ3) is 3.62. The van der Waals surface area contributed by atoms with E-state index in [0.717, 1.165) is 54.4 Å². The van der Waals surface area contributed by atoms with Crippen LogP contribution < -0.4 is 21.6 Å². The van der Waals surface area contributed by atoms with Gasteiger partial charge in [-0.2, -0.15) is 0 Å². The average molecular weight is 313 g/mol. The molecule has 0 atom stereocenters. The maximum atomic E-state index is 6.12. The first kappa shape index (κ1) is 17.2. The van der Waals surface area contributed by atoms with Crippen molar-refractivity contribution in [2.75, 3.05) is 19.3 Å². The van der Waals surface area contributed by atoms with E-state index in [1.54, 1.807) is 0 Å². The fourth-order valence-corrected chi connectivity index (χ4v) is 2.70. The maximum Gasteiger partial charge on any atom is 0.152 e. The SMILES string of the molecule is C=c1nc(N)c2nc(CCCC)n(CCNC)c2/c1=C/C=C\C. The molecule has 0 spiro atoms. The topological polar surface area (TPSA) is 68.8 Å². The number of nitrogens with zero attached hydrogens (tertiary/aromatic N) is 3. The Morgan fingerprint density at radius 3 is 2.78 bits per heavy atom. The molecule has 0 aromatic carbocycles. The van der Waals surface area contributed by atoms with Crippen molar-refractivity contribution in [1.29, 1.82) is 0 Å². The highest BCUT2D eigenvalue weighted by Gasteiger charge is 2.14. The van der Waals surface area contributed by atoms with Crippen LogP contribution in [0.3, 0.4) is 0 Å². The Hall–Kier alpha value is -2.14. The zero-order chi connectivity index (χ0) is 16.8. The Bertz CT molecular complexity index is 801. The number of nitrogens with one attached hydrogen (secondary N) is 1. The first-order valence-corrected chi connectivity index (χ1v) is 8.25. The molecule has 2 heterocycles. The number of imidazole rings is 1. The Labute approximate surface area is 137 Å². The van der Waals surface area contributed by atoms with E-state index in [2.05, 4.69) is 28.4 Å². The van der Waals surface area contributed by atoms with Gasteiger partial charge in [0, 0.05) is 24.7 Å². The van der Waals surface area contributed by atoms with Gasteiger partial charge in [0.15, 0.2) is 5.82 Å². The van der Waals surface area contributed by atoms with Crippen LogP contribution in [0.1, 0.15) is 32.5 Å². The Balaban J connectivity index is 2.79. The Morgan fingerprint density at radius 1 is 1.35 bits per heavy atom. The second kappa shape index (κ2) is 7.92. The second-order valence-corrected chi connectivity index (χ2v) is 5.63. The van der Waals surface area contributed by atoms with Gasteiger partial charge in [-0.05, 0) is 20.4 Å². The van der Waals surface area contributed by atoms with Crippen molar-refractivity contribution < 1.29 is 0 Å². The molecule has 0 saturated carbocycles. The van der Waals surface area contributed by atoms with Crippen molar-refractivity contribution in [3.63, 3.8) is 0 Å². The molecule has 0 aliphatic carbocycles. The lowest BCUT2D eigenvalue weighted by Gasteiger charge is -2.09. The van der Waals surface area contributed by atoms with E-state index in [1.165, 1.54) is 0 Å². The van der Waals surface area contributed by atoms with Gasteiger partial charge < -0.3 is 15.6 Å². The number of unbranched alkanes of at least 4 members (excludes halogenated alkanes) is 1. The lowest BCUT2D eigenvalue weighted by molar-refractivity contribution is 0.614. The highest BCUT2D eigenvalue weighted by molar-refractivity contribution is 5.86. The smallest absolute Gasteiger partial charge is 0.152 e. The van der Waals surface area contributed by atoms with Crippen LogP contribution in [0.2, 0.25) is 0 Å². The molecule has 124 valence electrons. The van der Waals surface area contributed by atoms with Gasteiger partial charge in [0.1, 0.15) is 11.3 Å². The Kier molecular flexibility index (Phi) is 5.93. The summed E-state index contributed by atoms with van der Waals surface area (Å²) in [6.07, 6.45) is 9.24. The molecule has 5 heteroatoms. The fourth-order valence-electron chi connectivity index (χ4n) is 2.70. The van der Waals surface area contributed by atoms with E-state index in [0.29, 0.717) is 11.2 Å². The normalized spacial score (nSPS) is 12.7. The number of anilines is 1. The fraction of sp³-hybridized carbons (Fsp3) is 0.444. The average Bonchev–Trinajstić information content (AvgIpc) is 2.89. The largest absolute Gasteiger partial charge is 0.382 e. The van der Waals surface area contributed by atoms with Crippen molar-refractivity contribution in [2.24, 2.45) is 0 Å². The van der Waals surface area contributed by atoms with Gasteiger partial charge in [-0.1, -0.05) is 38.2 Å². The van der Waals surface area contributed by atoms with Crippen molar-refractivity contribution >= 4 is 29.5 Å². The number of aromatic nitrogens is 3. The monoisotopic (exact) mass is 313 g/mol. The minimum absolute atomic E-state index is 0.462. The lowest BCUT2D eigenvalue weighted by Crippen LogP contribution is -2.30. The molecular weight excluding hydrogens is 286 g/mol. The van der Waals surface area contributed by atoms with E-state index in [9.17, 15) is 0 Å². The quantitative estimate of drug-likeness (QED) is 0.809. The predicted octanol–water partition coefficient (Wildman–Crippen LogP) is 1.34. The molecule has 3 N–H and O–H groups in total. The summed E-state index contributed by atoms with van der Waals surface area (Å²) in [5.41, 5.74) is 7.95. The number of rotatable bonds is 7. The zero-order valence-corrected chi connectivity index (χ0v) is 14.4. The van der Waals surface area contributed by atoms with Crippen LogP contribution in [0.5, 0.6) is 0 Å². The summed E-state index contributed by atoms with van der Waals surface area (Å²) in [7, 11) is 1.96. The number of nitrogens with two attached hydrogens (primary N) is 1. The van der Waals surface area contributed by atoms with Crippen molar-refractivity contribution in [1.82, 2.24) is 19.9 Å². The van der Waals surface area contributed by atoms with Gasteiger partial charge >= 0.3 is 0 Å². The van der Waals surface area contributed by atoms with E-state index < -0.39 is 0 Å². The van der Waals surface area contributed by atoms with Crippen LogP contribution in [0.15, 0.2) is 12.2 Å². The summed E-state index contributed by atoms with van der Waals surface area (Å²) in [5, 5.41) is 4.90. The van der Waals surface area contributed by atoms with Crippen LogP contribution in [-0.4, -0.2) is 28.1 Å². The standard InChI is InChI=1S/C18H27N5/c1-5-7-9-14-13(3)21-18(19)16-17(14)23(12-11-20-4)15(22-16)10-8-6-2/h5,7,9,20H,3,6,8,10-12H2,1-2,4H3,(H2,19,21)/b7-5-,14-9+.